The molecule has 0 amide bonds. The van der Waals surface area contributed by atoms with Gasteiger partial charge >= 0.3 is 0 Å². The summed E-state index contributed by atoms with van der Waals surface area (Å²) in [5.41, 5.74) is 7.21. The second-order valence-corrected chi connectivity index (χ2v) is 5.06. The zero-order valence-electron chi connectivity index (χ0n) is 10.5. The number of aromatic nitrogens is 4. The van der Waals surface area contributed by atoms with Crippen LogP contribution in [0.2, 0.25) is 10.0 Å². The van der Waals surface area contributed by atoms with Gasteiger partial charge in [-0.25, -0.2) is 4.39 Å². The van der Waals surface area contributed by atoms with E-state index >= 15 is 0 Å². The van der Waals surface area contributed by atoms with Crippen LogP contribution in [0.15, 0.2) is 36.4 Å². The van der Waals surface area contributed by atoms with Crippen LogP contribution < -0.4 is 5.73 Å². The lowest BCUT2D eigenvalue weighted by molar-refractivity contribution is 0.628. The molecule has 0 atom stereocenters. The quantitative estimate of drug-likeness (QED) is 0.734. The van der Waals surface area contributed by atoms with E-state index < -0.39 is 5.82 Å². The first-order valence-corrected chi connectivity index (χ1v) is 6.61. The van der Waals surface area contributed by atoms with Crippen LogP contribution in [-0.2, 0) is 0 Å². The molecule has 0 aliphatic carbocycles. The molecule has 0 unspecified atom stereocenters. The van der Waals surface area contributed by atoms with Gasteiger partial charge in [-0.1, -0.05) is 23.2 Å². The Bertz CT molecular complexity index is 818. The average Bonchev–Trinajstić information content (AvgIpc) is 2.93. The maximum absolute atomic E-state index is 13.4. The molecule has 0 bridgehead atoms. The van der Waals surface area contributed by atoms with Gasteiger partial charge in [0.2, 0.25) is 0 Å². The molecule has 21 heavy (non-hydrogen) atoms. The number of rotatable bonds is 2. The third-order valence-electron chi connectivity index (χ3n) is 2.87. The first-order valence-electron chi connectivity index (χ1n) is 5.85. The van der Waals surface area contributed by atoms with Crippen molar-refractivity contribution in [3.05, 3.63) is 52.3 Å². The van der Waals surface area contributed by atoms with Gasteiger partial charge in [-0.2, -0.15) is 4.68 Å². The zero-order chi connectivity index (χ0) is 15.0. The van der Waals surface area contributed by atoms with E-state index in [2.05, 4.69) is 15.5 Å². The Morgan fingerprint density at radius 3 is 2.62 bits per heavy atom. The SMILES string of the molecule is Nc1ccc(F)cc1-c1nnnn1-c1ccc(Cl)c(Cl)c1. The molecule has 3 rings (SSSR count). The number of nitrogens with two attached hydrogens (primary N) is 1. The minimum absolute atomic E-state index is 0.311. The van der Waals surface area contributed by atoms with Gasteiger partial charge < -0.3 is 5.73 Å². The normalized spacial score (nSPS) is 10.8. The number of nitrogens with zero attached hydrogens (tertiary/aromatic N) is 4. The average molecular weight is 324 g/mol. The predicted octanol–water partition coefficient (Wildman–Crippen LogP) is 3.36. The minimum Gasteiger partial charge on any atom is -0.398 e. The molecular weight excluding hydrogens is 316 g/mol. The van der Waals surface area contributed by atoms with E-state index in [4.69, 9.17) is 28.9 Å². The molecule has 2 N–H and O–H groups in total. The largest absolute Gasteiger partial charge is 0.398 e. The van der Waals surface area contributed by atoms with Crippen LogP contribution in [0.3, 0.4) is 0 Å². The van der Waals surface area contributed by atoms with Gasteiger partial charge in [0.15, 0.2) is 5.82 Å². The van der Waals surface area contributed by atoms with E-state index in [9.17, 15) is 4.39 Å². The van der Waals surface area contributed by atoms with Crippen molar-refractivity contribution in [1.29, 1.82) is 0 Å². The maximum atomic E-state index is 13.4. The van der Waals surface area contributed by atoms with E-state index in [0.29, 0.717) is 32.8 Å². The summed E-state index contributed by atoms with van der Waals surface area (Å²) in [6.07, 6.45) is 0. The van der Waals surface area contributed by atoms with Crippen LogP contribution in [0.5, 0.6) is 0 Å². The van der Waals surface area contributed by atoms with Crippen LogP contribution in [0.4, 0.5) is 10.1 Å². The summed E-state index contributed by atoms with van der Waals surface area (Å²) in [6.45, 7) is 0. The molecule has 8 heteroatoms. The van der Waals surface area contributed by atoms with Crippen LogP contribution in [0, 0.1) is 5.82 Å². The van der Waals surface area contributed by atoms with Crippen LogP contribution >= 0.6 is 23.2 Å². The van der Waals surface area contributed by atoms with E-state index in [0.717, 1.165) is 0 Å². The summed E-state index contributed by atoms with van der Waals surface area (Å²) in [4.78, 5) is 0. The molecule has 0 spiro atoms. The number of halogens is 3. The fraction of sp³-hybridized carbons (Fsp3) is 0. The highest BCUT2D eigenvalue weighted by molar-refractivity contribution is 6.42. The summed E-state index contributed by atoms with van der Waals surface area (Å²) in [7, 11) is 0. The summed E-state index contributed by atoms with van der Waals surface area (Å²) in [5, 5.41) is 12.2. The van der Waals surface area contributed by atoms with Crippen molar-refractivity contribution >= 4 is 28.9 Å². The van der Waals surface area contributed by atoms with E-state index in [1.165, 1.54) is 22.9 Å². The Kier molecular flexibility index (Phi) is 3.48. The highest BCUT2D eigenvalue weighted by Gasteiger charge is 2.15. The standard InChI is InChI=1S/C13H8Cl2FN5/c14-10-3-2-8(6-11(10)15)21-13(18-19-20-21)9-5-7(16)1-4-12(9)17/h1-6H,17H2. The Morgan fingerprint density at radius 2 is 1.86 bits per heavy atom. The lowest BCUT2D eigenvalue weighted by Gasteiger charge is -2.08. The molecule has 0 aliphatic heterocycles. The minimum atomic E-state index is -0.428. The molecule has 2 aromatic carbocycles. The zero-order valence-corrected chi connectivity index (χ0v) is 12.0. The first kappa shape index (κ1) is 13.8. The molecule has 1 heterocycles. The third-order valence-corrected chi connectivity index (χ3v) is 3.61. The lowest BCUT2D eigenvalue weighted by atomic mass is 10.1. The highest BCUT2D eigenvalue weighted by atomic mass is 35.5. The fourth-order valence-corrected chi connectivity index (χ4v) is 2.16. The molecule has 3 aromatic rings. The van der Waals surface area contributed by atoms with Crippen LogP contribution in [-0.4, -0.2) is 20.2 Å². The highest BCUT2D eigenvalue weighted by Crippen LogP contribution is 2.29. The lowest BCUT2D eigenvalue weighted by Crippen LogP contribution is -2.02. The molecule has 1 aromatic heterocycles. The molecule has 0 saturated heterocycles. The molecular formula is C13H8Cl2FN5. The summed E-state index contributed by atoms with van der Waals surface area (Å²) < 4.78 is 14.8. The Hall–Kier alpha value is -2.18. The first-order chi connectivity index (χ1) is 10.1. The van der Waals surface area contributed by atoms with Gasteiger partial charge in [0, 0.05) is 11.3 Å². The molecule has 0 radical (unpaired) electrons. The summed E-state index contributed by atoms with van der Waals surface area (Å²) >= 11 is 11.9. The number of nitrogen functional groups attached to an aromatic ring is 1. The van der Waals surface area contributed by atoms with Gasteiger partial charge in [-0.3, -0.25) is 0 Å². The van der Waals surface area contributed by atoms with Crippen LogP contribution in [0.25, 0.3) is 17.1 Å². The Labute approximate surface area is 129 Å². The van der Waals surface area contributed by atoms with Crippen molar-refractivity contribution in [2.75, 3.05) is 5.73 Å². The predicted molar refractivity (Wildman–Crippen MR) is 79.0 cm³/mol. The number of hydrogen-bond acceptors (Lipinski definition) is 4. The van der Waals surface area contributed by atoms with Crippen molar-refractivity contribution in [2.45, 2.75) is 0 Å². The summed E-state index contributed by atoms with van der Waals surface area (Å²) in [5.74, 6) is -0.117. The third kappa shape index (κ3) is 2.55. The summed E-state index contributed by atoms with van der Waals surface area (Å²) in [6, 6.07) is 8.93. The van der Waals surface area contributed by atoms with Crippen molar-refractivity contribution in [3.63, 3.8) is 0 Å². The second-order valence-electron chi connectivity index (χ2n) is 4.24. The van der Waals surface area contributed by atoms with Gasteiger partial charge in [0.1, 0.15) is 5.82 Å². The van der Waals surface area contributed by atoms with Crippen LogP contribution in [0.1, 0.15) is 0 Å². The maximum Gasteiger partial charge on any atom is 0.189 e. The molecule has 0 saturated carbocycles. The van der Waals surface area contributed by atoms with E-state index in [-0.39, 0.29) is 0 Å². The van der Waals surface area contributed by atoms with Gasteiger partial charge in [0.25, 0.3) is 0 Å². The Morgan fingerprint density at radius 1 is 1.05 bits per heavy atom. The monoisotopic (exact) mass is 323 g/mol. The molecule has 0 aliphatic rings. The van der Waals surface area contributed by atoms with Gasteiger partial charge in [-0.15, -0.1) is 5.10 Å². The van der Waals surface area contributed by atoms with Crippen molar-refractivity contribution in [3.8, 4) is 17.1 Å². The smallest absolute Gasteiger partial charge is 0.189 e. The van der Waals surface area contributed by atoms with Gasteiger partial charge in [0.05, 0.1) is 15.7 Å². The molecule has 5 nitrogen and oxygen atoms in total. The number of hydrogen-bond donors (Lipinski definition) is 1. The number of anilines is 1. The number of benzene rings is 2. The number of tetrazole rings is 1. The van der Waals surface area contributed by atoms with Crippen molar-refractivity contribution in [2.24, 2.45) is 0 Å². The van der Waals surface area contributed by atoms with E-state index in [1.807, 2.05) is 0 Å². The fourth-order valence-electron chi connectivity index (χ4n) is 1.87. The van der Waals surface area contributed by atoms with Crippen molar-refractivity contribution < 1.29 is 4.39 Å². The molecule has 0 fully saturated rings. The topological polar surface area (TPSA) is 69.6 Å². The Balaban J connectivity index is 2.17. The molecule has 106 valence electrons. The second kappa shape index (κ2) is 5.31. The van der Waals surface area contributed by atoms with Crippen molar-refractivity contribution in [1.82, 2.24) is 20.2 Å². The van der Waals surface area contributed by atoms with Gasteiger partial charge in [-0.05, 0) is 46.8 Å². The van der Waals surface area contributed by atoms with E-state index in [1.54, 1.807) is 18.2 Å².